The first-order valence-electron chi connectivity index (χ1n) is 13.9. The second-order valence-corrected chi connectivity index (χ2v) is 10.0. The Morgan fingerprint density at radius 3 is 1.47 bits per heavy atom. The van der Waals surface area contributed by atoms with Gasteiger partial charge in [-0.25, -0.2) is 0 Å². The molecule has 0 N–H and O–H groups in total. The summed E-state index contributed by atoms with van der Waals surface area (Å²) in [4.78, 5) is 5.21. The van der Waals surface area contributed by atoms with Crippen molar-refractivity contribution in [1.29, 1.82) is 0 Å². The topological polar surface area (TPSA) is 6.48 Å². The molecule has 30 heavy (non-hydrogen) atoms. The molecule has 0 saturated carbocycles. The summed E-state index contributed by atoms with van der Waals surface area (Å²) < 4.78 is 0. The van der Waals surface area contributed by atoms with Crippen LogP contribution in [-0.4, -0.2) is 28.6 Å². The molecule has 2 heteroatoms. The summed E-state index contributed by atoms with van der Waals surface area (Å²) in [5.41, 5.74) is 0. The van der Waals surface area contributed by atoms with Crippen molar-refractivity contribution < 1.29 is 0 Å². The lowest BCUT2D eigenvalue weighted by Gasteiger charge is -2.35. The minimum Gasteiger partial charge on any atom is -0.356 e. The maximum absolute atomic E-state index is 2.62. The fourth-order valence-corrected chi connectivity index (χ4v) is 4.83. The number of rotatable bonds is 21. The van der Waals surface area contributed by atoms with Crippen molar-refractivity contribution in [3.8, 4) is 0 Å². The summed E-state index contributed by atoms with van der Waals surface area (Å²) in [6, 6.07) is 0.610. The molecule has 1 rings (SSSR count). The van der Waals surface area contributed by atoms with Crippen molar-refractivity contribution in [2.45, 2.75) is 162 Å². The van der Waals surface area contributed by atoms with E-state index in [0.717, 1.165) is 0 Å². The molecule has 178 valence electrons. The van der Waals surface area contributed by atoms with E-state index in [9.17, 15) is 0 Å². The smallest absolute Gasteiger partial charge is 0.101 e. The molecule has 1 aliphatic rings. The Bertz CT molecular complexity index is 390. The van der Waals surface area contributed by atoms with Gasteiger partial charge < -0.3 is 9.80 Å². The molecule has 0 aromatic rings. The van der Waals surface area contributed by atoms with Crippen molar-refractivity contribution in [3.05, 3.63) is 12.4 Å². The average molecular weight is 421 g/mol. The molecule has 0 radical (unpaired) electrons. The number of nitrogens with zero attached hydrogens (tertiary/aromatic N) is 2. The summed E-state index contributed by atoms with van der Waals surface area (Å²) in [5, 5.41) is 0. The lowest BCUT2D eigenvalue weighted by Crippen LogP contribution is -2.42. The van der Waals surface area contributed by atoms with Crippen LogP contribution in [0.4, 0.5) is 0 Å². The lowest BCUT2D eigenvalue weighted by molar-refractivity contribution is 0.114. The van der Waals surface area contributed by atoms with Gasteiger partial charge in [-0.15, -0.1) is 0 Å². The quantitative estimate of drug-likeness (QED) is 0.171. The van der Waals surface area contributed by atoms with Gasteiger partial charge in [0.2, 0.25) is 0 Å². The monoisotopic (exact) mass is 420 g/mol. The van der Waals surface area contributed by atoms with Gasteiger partial charge in [-0.2, -0.15) is 0 Å². The molecule has 0 aromatic heterocycles. The largest absolute Gasteiger partial charge is 0.356 e. The third-order valence-electron chi connectivity index (χ3n) is 6.84. The predicted molar refractivity (Wildman–Crippen MR) is 136 cm³/mol. The van der Waals surface area contributed by atoms with Crippen LogP contribution in [0, 0.1) is 0 Å². The first-order chi connectivity index (χ1) is 14.7. The van der Waals surface area contributed by atoms with E-state index in [1.54, 1.807) is 0 Å². The highest BCUT2D eigenvalue weighted by Gasteiger charge is 2.26. The molecule has 0 aromatic carbocycles. The zero-order chi connectivity index (χ0) is 21.9. The van der Waals surface area contributed by atoms with Crippen molar-refractivity contribution in [1.82, 2.24) is 9.80 Å². The van der Waals surface area contributed by atoms with Crippen molar-refractivity contribution in [2.24, 2.45) is 0 Å². The maximum atomic E-state index is 2.62. The van der Waals surface area contributed by atoms with E-state index in [0.29, 0.717) is 12.2 Å². The van der Waals surface area contributed by atoms with Gasteiger partial charge in [0.25, 0.3) is 0 Å². The van der Waals surface area contributed by atoms with Crippen LogP contribution in [0.1, 0.15) is 150 Å². The van der Waals surface area contributed by atoms with Crippen LogP contribution in [0.15, 0.2) is 12.4 Å². The fourth-order valence-electron chi connectivity index (χ4n) is 4.83. The Hall–Kier alpha value is -0.660. The third kappa shape index (κ3) is 12.9. The molecule has 1 heterocycles. The van der Waals surface area contributed by atoms with Crippen molar-refractivity contribution in [3.63, 3.8) is 0 Å². The van der Waals surface area contributed by atoms with Crippen LogP contribution in [0.3, 0.4) is 0 Å². The van der Waals surface area contributed by atoms with Crippen LogP contribution in [0.25, 0.3) is 0 Å². The summed E-state index contributed by atoms with van der Waals surface area (Å²) >= 11 is 0. The minimum atomic E-state index is 0.610. The van der Waals surface area contributed by atoms with Gasteiger partial charge in [-0.1, -0.05) is 117 Å². The maximum Gasteiger partial charge on any atom is 0.101 e. The minimum absolute atomic E-state index is 0.610. The van der Waals surface area contributed by atoms with Gasteiger partial charge in [0.1, 0.15) is 6.17 Å². The second-order valence-electron chi connectivity index (χ2n) is 10.0. The molecule has 0 saturated heterocycles. The zero-order valence-electron chi connectivity index (χ0n) is 21.3. The van der Waals surface area contributed by atoms with E-state index in [1.807, 2.05) is 0 Å². The highest BCUT2D eigenvalue weighted by molar-refractivity contribution is 4.98. The number of hydrogen-bond acceptors (Lipinski definition) is 2. The summed E-state index contributed by atoms with van der Waals surface area (Å²) in [5.74, 6) is 0. The predicted octanol–water partition coefficient (Wildman–Crippen LogP) is 9.26. The summed E-state index contributed by atoms with van der Waals surface area (Å²) in [6.45, 7) is 10.5. The standard InChI is InChI=1S/C28H56N2/c1-5-7-9-11-12-13-14-15-16-17-18-19-20-21-23-28-29(24-22-10-8-6-2)25-26-30(28)27(3)4/h25-28H,5-24H2,1-4H3. The lowest BCUT2D eigenvalue weighted by atomic mass is 10.0. The van der Waals surface area contributed by atoms with Gasteiger partial charge in [0, 0.05) is 25.0 Å². The third-order valence-corrected chi connectivity index (χ3v) is 6.84. The number of unbranched alkanes of at least 4 members (excludes halogenated alkanes) is 16. The second kappa shape index (κ2) is 19.1. The molecule has 0 bridgehead atoms. The first-order valence-corrected chi connectivity index (χ1v) is 13.9. The molecular weight excluding hydrogens is 364 g/mol. The zero-order valence-corrected chi connectivity index (χ0v) is 21.3. The van der Waals surface area contributed by atoms with Crippen LogP contribution >= 0.6 is 0 Å². The van der Waals surface area contributed by atoms with Gasteiger partial charge >= 0.3 is 0 Å². The Morgan fingerprint density at radius 1 is 0.567 bits per heavy atom. The van der Waals surface area contributed by atoms with Crippen molar-refractivity contribution in [2.75, 3.05) is 6.54 Å². The molecular formula is C28H56N2. The molecule has 0 fully saturated rings. The molecule has 0 amide bonds. The van der Waals surface area contributed by atoms with Crippen LogP contribution < -0.4 is 0 Å². The Labute approximate surface area is 190 Å². The summed E-state index contributed by atoms with van der Waals surface area (Å²) in [6.07, 6.45) is 32.3. The highest BCUT2D eigenvalue weighted by atomic mass is 15.4. The normalized spacial score (nSPS) is 16.4. The average Bonchev–Trinajstić information content (AvgIpc) is 3.14. The van der Waals surface area contributed by atoms with Gasteiger partial charge in [0.15, 0.2) is 0 Å². The highest BCUT2D eigenvalue weighted by Crippen LogP contribution is 2.24. The van der Waals surface area contributed by atoms with E-state index in [-0.39, 0.29) is 0 Å². The molecule has 0 spiro atoms. The molecule has 1 atom stereocenters. The molecule has 1 aliphatic heterocycles. The van der Waals surface area contributed by atoms with Gasteiger partial charge in [0.05, 0.1) is 0 Å². The van der Waals surface area contributed by atoms with Crippen LogP contribution in [0.2, 0.25) is 0 Å². The van der Waals surface area contributed by atoms with Gasteiger partial charge in [-0.3, -0.25) is 0 Å². The fraction of sp³-hybridized carbons (Fsp3) is 0.929. The number of hydrogen-bond donors (Lipinski definition) is 0. The van der Waals surface area contributed by atoms with Gasteiger partial charge in [-0.05, 0) is 33.1 Å². The summed E-state index contributed by atoms with van der Waals surface area (Å²) in [7, 11) is 0. The molecule has 0 aliphatic carbocycles. The van der Waals surface area contributed by atoms with Crippen molar-refractivity contribution >= 4 is 0 Å². The van der Waals surface area contributed by atoms with E-state index in [1.165, 1.54) is 129 Å². The SMILES string of the molecule is CCCCCCCCCCCCCCCCC1N(CCCCCC)C=CN1C(C)C. The Kier molecular flexibility index (Phi) is 17.4. The molecule has 1 unspecified atom stereocenters. The van der Waals surface area contributed by atoms with E-state index < -0.39 is 0 Å². The van der Waals surface area contributed by atoms with Crippen LogP contribution in [-0.2, 0) is 0 Å². The van der Waals surface area contributed by atoms with E-state index in [4.69, 9.17) is 0 Å². The first kappa shape index (κ1) is 27.4. The Morgan fingerprint density at radius 2 is 1.00 bits per heavy atom. The molecule has 2 nitrogen and oxygen atoms in total. The van der Waals surface area contributed by atoms with E-state index in [2.05, 4.69) is 49.9 Å². The van der Waals surface area contributed by atoms with Crippen LogP contribution in [0.5, 0.6) is 0 Å². The Balaban J connectivity index is 2.02. The van der Waals surface area contributed by atoms with E-state index >= 15 is 0 Å².